The van der Waals surface area contributed by atoms with Gasteiger partial charge in [0.1, 0.15) is 0 Å². The maximum atomic E-state index is 12.8. The number of amides is 2. The summed E-state index contributed by atoms with van der Waals surface area (Å²) in [4.78, 5) is 25.3. The van der Waals surface area contributed by atoms with Crippen molar-refractivity contribution in [1.82, 2.24) is 20.6 Å². The zero-order chi connectivity index (χ0) is 22.5. The number of rotatable bonds is 4. The van der Waals surface area contributed by atoms with Gasteiger partial charge in [-0.2, -0.15) is 10.4 Å². The fraction of sp³-hybridized carbons (Fsp3) is 0. The van der Waals surface area contributed by atoms with Crippen LogP contribution in [0.1, 0.15) is 26.4 Å². The lowest BCUT2D eigenvalue weighted by Crippen LogP contribution is -2.42. The highest BCUT2D eigenvalue weighted by molar-refractivity contribution is 6.03. The Morgan fingerprint density at radius 1 is 0.844 bits per heavy atom. The summed E-state index contributed by atoms with van der Waals surface area (Å²) in [6, 6.07) is 24.8. The number of benzene rings is 3. The van der Waals surface area contributed by atoms with E-state index >= 15 is 0 Å². The van der Waals surface area contributed by atoms with Crippen molar-refractivity contribution in [2.45, 2.75) is 0 Å². The summed E-state index contributed by atoms with van der Waals surface area (Å²) < 4.78 is 1.36. The molecule has 4 rings (SSSR count). The van der Waals surface area contributed by atoms with E-state index in [1.165, 1.54) is 10.9 Å². The molecule has 8 heteroatoms. The van der Waals surface area contributed by atoms with Gasteiger partial charge in [0.15, 0.2) is 11.4 Å². The Hall–Kier alpha value is -4.90. The lowest BCUT2D eigenvalue weighted by molar-refractivity contribution is 0.0842. The normalized spacial score (nSPS) is 10.2. The molecular formula is C24H17N5O3. The van der Waals surface area contributed by atoms with Gasteiger partial charge in [0.25, 0.3) is 11.8 Å². The van der Waals surface area contributed by atoms with Crippen LogP contribution < -0.4 is 10.9 Å². The van der Waals surface area contributed by atoms with Gasteiger partial charge in [-0.15, -0.1) is 0 Å². The maximum Gasteiger partial charge on any atom is 0.294 e. The predicted molar refractivity (Wildman–Crippen MR) is 117 cm³/mol. The molecule has 3 N–H and O–H groups in total. The van der Waals surface area contributed by atoms with Crippen molar-refractivity contribution in [1.29, 1.82) is 5.26 Å². The maximum absolute atomic E-state index is 12.8. The third-order valence-electron chi connectivity index (χ3n) is 4.73. The third-order valence-corrected chi connectivity index (χ3v) is 4.73. The fourth-order valence-electron chi connectivity index (χ4n) is 3.21. The molecular weight excluding hydrogens is 406 g/mol. The molecule has 32 heavy (non-hydrogen) atoms. The first kappa shape index (κ1) is 20.4. The Kier molecular flexibility index (Phi) is 5.64. The number of nitrogens with one attached hydrogen (secondary N) is 2. The Morgan fingerprint density at radius 2 is 1.47 bits per heavy atom. The van der Waals surface area contributed by atoms with Crippen LogP contribution in [0.2, 0.25) is 0 Å². The summed E-state index contributed by atoms with van der Waals surface area (Å²) in [5.41, 5.74) is 6.88. The van der Waals surface area contributed by atoms with E-state index < -0.39 is 11.8 Å². The van der Waals surface area contributed by atoms with Crippen molar-refractivity contribution >= 4 is 11.8 Å². The number of carbonyl (C=O) groups excluding carboxylic acids is 2. The second-order valence-electron chi connectivity index (χ2n) is 6.75. The number of aromatic hydroxyl groups is 1. The van der Waals surface area contributed by atoms with Crippen LogP contribution in [0.4, 0.5) is 0 Å². The van der Waals surface area contributed by atoms with E-state index in [0.29, 0.717) is 22.4 Å². The van der Waals surface area contributed by atoms with E-state index in [1.807, 2.05) is 6.07 Å². The van der Waals surface area contributed by atoms with E-state index in [4.69, 9.17) is 0 Å². The highest BCUT2D eigenvalue weighted by Gasteiger charge is 2.19. The number of nitriles is 1. The van der Waals surface area contributed by atoms with Gasteiger partial charge in [0.05, 0.1) is 23.5 Å². The topological polar surface area (TPSA) is 120 Å². The lowest BCUT2D eigenvalue weighted by Gasteiger charge is -2.12. The summed E-state index contributed by atoms with van der Waals surface area (Å²) in [5.74, 6) is -1.69. The quantitative estimate of drug-likeness (QED) is 0.436. The predicted octanol–water partition coefficient (Wildman–Crippen LogP) is 3.19. The smallest absolute Gasteiger partial charge is 0.294 e. The molecule has 0 spiro atoms. The van der Waals surface area contributed by atoms with E-state index in [1.54, 1.807) is 72.8 Å². The van der Waals surface area contributed by atoms with Crippen LogP contribution >= 0.6 is 0 Å². The molecule has 8 nitrogen and oxygen atoms in total. The third kappa shape index (κ3) is 4.04. The van der Waals surface area contributed by atoms with Gasteiger partial charge < -0.3 is 5.11 Å². The molecule has 1 heterocycles. The molecule has 0 fully saturated rings. The van der Waals surface area contributed by atoms with Crippen molar-refractivity contribution in [2.24, 2.45) is 0 Å². The Balaban J connectivity index is 1.53. The lowest BCUT2D eigenvalue weighted by atomic mass is 9.95. The highest BCUT2D eigenvalue weighted by Crippen LogP contribution is 2.26. The van der Waals surface area contributed by atoms with Crippen molar-refractivity contribution in [3.05, 3.63) is 102 Å². The first-order valence-electron chi connectivity index (χ1n) is 9.61. The minimum Gasteiger partial charge on any atom is -0.504 e. The van der Waals surface area contributed by atoms with Gasteiger partial charge in [-0.05, 0) is 29.8 Å². The van der Waals surface area contributed by atoms with E-state index in [2.05, 4.69) is 22.0 Å². The minimum atomic E-state index is -0.777. The van der Waals surface area contributed by atoms with Crippen LogP contribution in [0, 0.1) is 11.3 Å². The molecule has 156 valence electrons. The van der Waals surface area contributed by atoms with E-state index in [9.17, 15) is 20.0 Å². The van der Waals surface area contributed by atoms with Gasteiger partial charge >= 0.3 is 0 Å². The average Bonchev–Trinajstić information content (AvgIpc) is 3.24. The molecule has 0 radical (unpaired) electrons. The molecule has 3 aromatic carbocycles. The second-order valence-corrected chi connectivity index (χ2v) is 6.75. The molecule has 0 bridgehead atoms. The number of para-hydroxylation sites is 1. The molecule has 0 aliphatic carbocycles. The summed E-state index contributed by atoms with van der Waals surface area (Å²) in [6.07, 6.45) is 1.31. The van der Waals surface area contributed by atoms with Crippen LogP contribution in [0.5, 0.6) is 5.75 Å². The van der Waals surface area contributed by atoms with Gasteiger partial charge in [-0.25, -0.2) is 4.68 Å². The summed E-state index contributed by atoms with van der Waals surface area (Å²) in [5, 5.41) is 23.6. The molecule has 0 saturated heterocycles. The standard InChI is InChI=1S/C24H17N5O3/c25-14-16-8-4-5-11-18(16)19-12-6-7-13-20(19)23(31)26-27-24(32)22-21(30)15-29(28-22)17-9-2-1-3-10-17/h1-13,15,30H,(H,26,31)(H,27,32). The Morgan fingerprint density at radius 3 is 2.22 bits per heavy atom. The van der Waals surface area contributed by atoms with Crippen molar-refractivity contribution in [2.75, 3.05) is 0 Å². The average molecular weight is 423 g/mol. The Bertz CT molecular complexity index is 1340. The first-order chi connectivity index (χ1) is 15.6. The monoisotopic (exact) mass is 423 g/mol. The number of hydrogen-bond acceptors (Lipinski definition) is 5. The van der Waals surface area contributed by atoms with Crippen LogP contribution in [-0.2, 0) is 0 Å². The molecule has 0 aliphatic heterocycles. The number of aromatic nitrogens is 2. The molecule has 1 aromatic heterocycles. The SMILES string of the molecule is N#Cc1ccccc1-c1ccccc1C(=O)NNC(=O)c1nn(-c2ccccc2)cc1O. The number of nitrogens with zero attached hydrogens (tertiary/aromatic N) is 3. The second kappa shape index (κ2) is 8.85. The molecule has 0 aliphatic rings. The summed E-state index contributed by atoms with van der Waals surface area (Å²) in [6.45, 7) is 0. The molecule has 4 aromatic rings. The fourth-order valence-corrected chi connectivity index (χ4v) is 3.21. The van der Waals surface area contributed by atoms with Crippen molar-refractivity contribution in [3.63, 3.8) is 0 Å². The van der Waals surface area contributed by atoms with Crippen LogP contribution in [0.15, 0.2) is 85.1 Å². The van der Waals surface area contributed by atoms with E-state index in [-0.39, 0.29) is 17.0 Å². The van der Waals surface area contributed by atoms with Crippen LogP contribution in [0.3, 0.4) is 0 Å². The zero-order valence-electron chi connectivity index (χ0n) is 16.7. The first-order valence-corrected chi connectivity index (χ1v) is 9.61. The van der Waals surface area contributed by atoms with E-state index in [0.717, 1.165) is 0 Å². The number of hydrazine groups is 1. The van der Waals surface area contributed by atoms with Crippen molar-refractivity contribution in [3.8, 4) is 28.6 Å². The number of hydrogen-bond donors (Lipinski definition) is 3. The number of carbonyl (C=O) groups is 2. The van der Waals surface area contributed by atoms with Crippen molar-refractivity contribution < 1.29 is 14.7 Å². The van der Waals surface area contributed by atoms with Gasteiger partial charge in [0, 0.05) is 11.1 Å². The minimum absolute atomic E-state index is 0.239. The Labute approximate surface area is 183 Å². The van der Waals surface area contributed by atoms with Gasteiger partial charge in [-0.3, -0.25) is 20.4 Å². The largest absolute Gasteiger partial charge is 0.504 e. The molecule has 2 amide bonds. The molecule has 0 atom stereocenters. The molecule has 0 saturated carbocycles. The van der Waals surface area contributed by atoms with Crippen LogP contribution in [-0.4, -0.2) is 26.7 Å². The molecule has 0 unspecified atom stereocenters. The summed E-state index contributed by atoms with van der Waals surface area (Å²) >= 11 is 0. The van der Waals surface area contributed by atoms with Gasteiger partial charge in [0.2, 0.25) is 0 Å². The van der Waals surface area contributed by atoms with Gasteiger partial charge in [-0.1, -0.05) is 54.6 Å². The summed E-state index contributed by atoms with van der Waals surface area (Å²) in [7, 11) is 0. The highest BCUT2D eigenvalue weighted by atomic mass is 16.3. The van der Waals surface area contributed by atoms with Crippen LogP contribution in [0.25, 0.3) is 16.8 Å². The zero-order valence-corrected chi connectivity index (χ0v) is 16.7.